The molecule has 5 heteroatoms. The zero-order chi connectivity index (χ0) is 10.6. The molecule has 14 heavy (non-hydrogen) atoms. The van der Waals surface area contributed by atoms with Crippen LogP contribution in [-0.4, -0.2) is 16.8 Å². The highest BCUT2D eigenvalue weighted by atomic mass is 35.5. The van der Waals surface area contributed by atoms with Crippen LogP contribution >= 0.6 is 23.2 Å². The summed E-state index contributed by atoms with van der Waals surface area (Å²) in [5, 5.41) is 3.15. The van der Waals surface area contributed by atoms with Gasteiger partial charge >= 0.3 is 0 Å². The van der Waals surface area contributed by atoms with Crippen LogP contribution in [0, 0.1) is 5.92 Å². The lowest BCUT2D eigenvalue weighted by atomic mass is 10.2. The Labute approximate surface area is 92.4 Å². The monoisotopic (exact) mass is 232 g/mol. The fraction of sp³-hybridized carbons (Fsp3) is 0.333. The Morgan fingerprint density at radius 1 is 1.71 bits per heavy atom. The minimum atomic E-state index is -0.238. The predicted octanol–water partition coefficient (Wildman–Crippen LogP) is 2.55. The van der Waals surface area contributed by atoms with Crippen molar-refractivity contribution in [1.29, 1.82) is 0 Å². The van der Waals surface area contributed by atoms with Crippen molar-refractivity contribution in [2.45, 2.75) is 6.92 Å². The largest absolute Gasteiger partial charge is 0.310 e. The lowest BCUT2D eigenvalue weighted by Crippen LogP contribution is -2.21. The van der Waals surface area contributed by atoms with Crippen molar-refractivity contribution in [2.24, 2.45) is 5.92 Å². The number of nitrogens with one attached hydrogen (secondary N) is 1. The first-order chi connectivity index (χ1) is 6.63. The van der Waals surface area contributed by atoms with Crippen molar-refractivity contribution >= 4 is 34.9 Å². The summed E-state index contributed by atoms with van der Waals surface area (Å²) < 4.78 is 0. The molecule has 1 atom stereocenters. The average molecular weight is 233 g/mol. The molecule has 1 N–H and O–H groups in total. The van der Waals surface area contributed by atoms with Crippen molar-refractivity contribution in [2.75, 3.05) is 11.2 Å². The maximum absolute atomic E-state index is 11.4. The topological polar surface area (TPSA) is 42.0 Å². The summed E-state index contributed by atoms with van der Waals surface area (Å²) in [6, 6.07) is 3.22. The number of hydrogen-bond donors (Lipinski definition) is 1. The molecule has 0 aliphatic carbocycles. The third kappa shape index (κ3) is 3.16. The van der Waals surface area contributed by atoms with Gasteiger partial charge in [0, 0.05) is 23.0 Å². The van der Waals surface area contributed by atoms with Gasteiger partial charge in [0.05, 0.1) is 0 Å². The molecule has 1 amide bonds. The summed E-state index contributed by atoms with van der Waals surface area (Å²) in [7, 11) is 0. The number of halogens is 2. The summed E-state index contributed by atoms with van der Waals surface area (Å²) in [6.45, 7) is 1.74. The summed E-state index contributed by atoms with van der Waals surface area (Å²) >= 11 is 11.3. The fourth-order valence-electron chi connectivity index (χ4n) is 0.793. The average Bonchev–Trinajstić information content (AvgIpc) is 2.16. The molecule has 0 saturated heterocycles. The second-order valence-corrected chi connectivity index (χ2v) is 3.65. The molecular weight excluding hydrogens is 223 g/mol. The van der Waals surface area contributed by atoms with E-state index in [9.17, 15) is 4.79 Å². The number of alkyl halides is 1. The van der Waals surface area contributed by atoms with Gasteiger partial charge in [-0.1, -0.05) is 18.5 Å². The van der Waals surface area contributed by atoms with Crippen LogP contribution in [0.2, 0.25) is 5.02 Å². The van der Waals surface area contributed by atoms with Gasteiger partial charge in [-0.3, -0.25) is 4.79 Å². The quantitative estimate of drug-likeness (QED) is 0.815. The molecular formula is C9H10Cl2N2O. The van der Waals surface area contributed by atoms with E-state index in [0.717, 1.165) is 0 Å². The van der Waals surface area contributed by atoms with Crippen LogP contribution in [-0.2, 0) is 4.79 Å². The first-order valence-corrected chi connectivity index (χ1v) is 5.03. The van der Waals surface area contributed by atoms with E-state index in [1.165, 1.54) is 6.20 Å². The van der Waals surface area contributed by atoms with Gasteiger partial charge < -0.3 is 5.32 Å². The van der Waals surface area contributed by atoms with Gasteiger partial charge in [-0.2, -0.15) is 0 Å². The Morgan fingerprint density at radius 2 is 2.43 bits per heavy atom. The number of carbonyl (C=O) groups is 1. The van der Waals surface area contributed by atoms with Crippen LogP contribution in [0.4, 0.5) is 5.82 Å². The van der Waals surface area contributed by atoms with Crippen molar-refractivity contribution in [3.8, 4) is 0 Å². The van der Waals surface area contributed by atoms with Crippen LogP contribution in [0.25, 0.3) is 0 Å². The van der Waals surface area contributed by atoms with E-state index in [2.05, 4.69) is 10.3 Å². The van der Waals surface area contributed by atoms with Gasteiger partial charge in [0.15, 0.2) is 0 Å². The summed E-state index contributed by atoms with van der Waals surface area (Å²) in [5.74, 6) is 0.332. The van der Waals surface area contributed by atoms with E-state index in [-0.39, 0.29) is 17.7 Å². The van der Waals surface area contributed by atoms with Crippen molar-refractivity contribution < 1.29 is 4.79 Å². The van der Waals surface area contributed by atoms with Gasteiger partial charge in [-0.05, 0) is 12.1 Å². The zero-order valence-electron chi connectivity index (χ0n) is 7.63. The molecule has 1 rings (SSSR count). The van der Waals surface area contributed by atoms with Crippen LogP contribution < -0.4 is 5.32 Å². The summed E-state index contributed by atoms with van der Waals surface area (Å²) in [6.07, 6.45) is 1.53. The van der Waals surface area contributed by atoms with E-state index < -0.39 is 0 Å². The first-order valence-electron chi connectivity index (χ1n) is 4.12. The van der Waals surface area contributed by atoms with E-state index in [4.69, 9.17) is 23.2 Å². The molecule has 1 aromatic heterocycles. The highest BCUT2D eigenvalue weighted by Crippen LogP contribution is 2.12. The minimum absolute atomic E-state index is 0.158. The number of amides is 1. The van der Waals surface area contributed by atoms with Crippen molar-refractivity contribution in [3.63, 3.8) is 0 Å². The minimum Gasteiger partial charge on any atom is -0.310 e. The lowest BCUT2D eigenvalue weighted by Gasteiger charge is -2.08. The fourth-order valence-corrected chi connectivity index (χ4v) is 1.09. The van der Waals surface area contributed by atoms with E-state index >= 15 is 0 Å². The Morgan fingerprint density at radius 3 is 3.00 bits per heavy atom. The van der Waals surface area contributed by atoms with Crippen molar-refractivity contribution in [3.05, 3.63) is 23.4 Å². The maximum atomic E-state index is 11.4. The number of rotatable bonds is 3. The smallest absolute Gasteiger partial charge is 0.229 e. The second kappa shape index (κ2) is 5.17. The van der Waals surface area contributed by atoms with Crippen LogP contribution in [0.15, 0.2) is 18.3 Å². The van der Waals surface area contributed by atoms with Crippen LogP contribution in [0.1, 0.15) is 6.92 Å². The predicted molar refractivity (Wildman–Crippen MR) is 57.8 cm³/mol. The SMILES string of the molecule is CC(CCl)C(=O)Nc1cc(Cl)ccn1. The Bertz CT molecular complexity index is 330. The number of nitrogens with zero attached hydrogens (tertiary/aromatic N) is 1. The van der Waals surface area contributed by atoms with Gasteiger partial charge in [-0.15, -0.1) is 11.6 Å². The Balaban J connectivity index is 2.65. The van der Waals surface area contributed by atoms with Gasteiger partial charge in [0.1, 0.15) is 5.82 Å². The van der Waals surface area contributed by atoms with Gasteiger partial charge in [0.25, 0.3) is 0 Å². The van der Waals surface area contributed by atoms with E-state index in [1.807, 2.05) is 0 Å². The molecule has 1 aromatic rings. The molecule has 0 spiro atoms. The lowest BCUT2D eigenvalue weighted by molar-refractivity contribution is -0.118. The molecule has 76 valence electrons. The normalized spacial score (nSPS) is 12.2. The third-order valence-corrected chi connectivity index (χ3v) is 2.35. The highest BCUT2D eigenvalue weighted by Gasteiger charge is 2.11. The molecule has 0 aliphatic heterocycles. The second-order valence-electron chi connectivity index (χ2n) is 2.90. The number of carbonyl (C=O) groups excluding carboxylic acids is 1. The third-order valence-electron chi connectivity index (χ3n) is 1.65. The molecule has 0 fully saturated rings. The Kier molecular flexibility index (Phi) is 4.17. The van der Waals surface area contributed by atoms with Gasteiger partial charge in [-0.25, -0.2) is 4.98 Å². The molecule has 0 radical (unpaired) electrons. The molecule has 1 heterocycles. The van der Waals surface area contributed by atoms with Crippen LogP contribution in [0.5, 0.6) is 0 Å². The number of hydrogen-bond acceptors (Lipinski definition) is 2. The molecule has 1 unspecified atom stereocenters. The zero-order valence-corrected chi connectivity index (χ0v) is 9.14. The first kappa shape index (κ1) is 11.3. The summed E-state index contributed by atoms with van der Waals surface area (Å²) in [5.41, 5.74) is 0. The molecule has 0 saturated carbocycles. The number of pyridine rings is 1. The molecule has 0 aliphatic rings. The molecule has 0 bridgehead atoms. The molecule has 3 nitrogen and oxygen atoms in total. The number of anilines is 1. The van der Waals surface area contributed by atoms with E-state index in [1.54, 1.807) is 19.1 Å². The maximum Gasteiger partial charge on any atom is 0.229 e. The Hall–Kier alpha value is -0.800. The standard InChI is InChI=1S/C9H10Cl2N2O/c1-6(5-10)9(14)13-8-4-7(11)2-3-12-8/h2-4,6H,5H2,1H3,(H,12,13,14). The number of aromatic nitrogens is 1. The van der Waals surface area contributed by atoms with Gasteiger partial charge in [0.2, 0.25) is 5.91 Å². The van der Waals surface area contributed by atoms with Crippen LogP contribution in [0.3, 0.4) is 0 Å². The van der Waals surface area contributed by atoms with E-state index in [0.29, 0.717) is 10.8 Å². The summed E-state index contributed by atoms with van der Waals surface area (Å²) in [4.78, 5) is 15.3. The van der Waals surface area contributed by atoms with Crippen molar-refractivity contribution in [1.82, 2.24) is 4.98 Å². The molecule has 0 aromatic carbocycles. The highest BCUT2D eigenvalue weighted by molar-refractivity contribution is 6.30.